The van der Waals surface area contributed by atoms with Crippen LogP contribution in [0.5, 0.6) is 0 Å². The number of carbonyl (C=O) groups is 1. The van der Waals surface area contributed by atoms with Crippen molar-refractivity contribution >= 4 is 5.91 Å². The van der Waals surface area contributed by atoms with Gasteiger partial charge in [-0.3, -0.25) is 9.69 Å². The summed E-state index contributed by atoms with van der Waals surface area (Å²) in [6, 6.07) is 21.9. The lowest BCUT2D eigenvalue weighted by Gasteiger charge is -2.22. The zero-order chi connectivity index (χ0) is 20.8. The standard InChI is InChI=1S/C24H24N4O2/c1-25-24(29)21-9-5-19(6-10-21)16-27(18-23-4-2-15-30-23)17-20-7-11-22(12-8-20)28-14-3-13-26-28/h2-15H,16-18H2,1H3,(H,25,29). The second kappa shape index (κ2) is 9.24. The molecule has 152 valence electrons. The molecular weight excluding hydrogens is 376 g/mol. The molecule has 0 bridgehead atoms. The summed E-state index contributed by atoms with van der Waals surface area (Å²) in [5, 5.41) is 6.92. The van der Waals surface area contributed by atoms with Crippen LogP contribution in [0.1, 0.15) is 27.2 Å². The van der Waals surface area contributed by atoms with E-state index >= 15 is 0 Å². The largest absolute Gasteiger partial charge is 0.468 e. The molecule has 0 aliphatic carbocycles. The Hall–Kier alpha value is -3.64. The molecule has 30 heavy (non-hydrogen) atoms. The second-order valence-corrected chi connectivity index (χ2v) is 7.12. The van der Waals surface area contributed by atoms with Gasteiger partial charge in [0.2, 0.25) is 0 Å². The van der Waals surface area contributed by atoms with Crippen molar-refractivity contribution in [3.8, 4) is 5.69 Å². The first-order chi connectivity index (χ1) is 14.7. The van der Waals surface area contributed by atoms with Crippen LogP contribution in [0.15, 0.2) is 89.8 Å². The molecule has 0 spiro atoms. The maximum atomic E-state index is 11.8. The van der Waals surface area contributed by atoms with Crippen molar-refractivity contribution in [2.24, 2.45) is 0 Å². The lowest BCUT2D eigenvalue weighted by atomic mass is 10.1. The number of benzene rings is 2. The molecule has 4 aromatic rings. The van der Waals surface area contributed by atoms with E-state index in [1.807, 2.05) is 53.3 Å². The number of amides is 1. The first-order valence-electron chi connectivity index (χ1n) is 9.86. The van der Waals surface area contributed by atoms with Crippen molar-refractivity contribution in [3.63, 3.8) is 0 Å². The number of nitrogens with zero attached hydrogens (tertiary/aromatic N) is 3. The minimum Gasteiger partial charge on any atom is -0.468 e. The fraction of sp³-hybridized carbons (Fsp3) is 0.167. The normalized spacial score (nSPS) is 11.0. The molecule has 0 atom stereocenters. The van der Waals surface area contributed by atoms with Gasteiger partial charge in [-0.25, -0.2) is 4.68 Å². The Morgan fingerprint density at radius 2 is 1.67 bits per heavy atom. The van der Waals surface area contributed by atoms with E-state index in [0.717, 1.165) is 30.1 Å². The van der Waals surface area contributed by atoms with Gasteiger partial charge >= 0.3 is 0 Å². The summed E-state index contributed by atoms with van der Waals surface area (Å²) < 4.78 is 7.41. The van der Waals surface area contributed by atoms with Crippen LogP contribution in [0.25, 0.3) is 5.69 Å². The molecule has 4 rings (SSSR count). The van der Waals surface area contributed by atoms with Gasteiger partial charge < -0.3 is 9.73 Å². The Kier molecular flexibility index (Phi) is 6.06. The first-order valence-corrected chi connectivity index (χ1v) is 9.86. The summed E-state index contributed by atoms with van der Waals surface area (Å²) in [6.45, 7) is 2.22. The molecule has 1 amide bonds. The molecule has 0 aliphatic rings. The number of nitrogens with one attached hydrogen (secondary N) is 1. The average Bonchev–Trinajstić information content (AvgIpc) is 3.49. The van der Waals surface area contributed by atoms with E-state index < -0.39 is 0 Å². The maximum Gasteiger partial charge on any atom is 0.251 e. The maximum absolute atomic E-state index is 11.8. The molecular formula is C24H24N4O2. The highest BCUT2D eigenvalue weighted by Gasteiger charge is 2.11. The third-order valence-corrected chi connectivity index (χ3v) is 4.92. The zero-order valence-electron chi connectivity index (χ0n) is 16.9. The van der Waals surface area contributed by atoms with Crippen molar-refractivity contribution in [2.75, 3.05) is 7.05 Å². The van der Waals surface area contributed by atoms with E-state index in [-0.39, 0.29) is 5.91 Å². The lowest BCUT2D eigenvalue weighted by Crippen LogP contribution is -2.22. The topological polar surface area (TPSA) is 63.3 Å². The van der Waals surface area contributed by atoms with Crippen LogP contribution in [0, 0.1) is 0 Å². The lowest BCUT2D eigenvalue weighted by molar-refractivity contribution is 0.0963. The summed E-state index contributed by atoms with van der Waals surface area (Å²) in [5.74, 6) is 0.844. The van der Waals surface area contributed by atoms with E-state index in [2.05, 4.69) is 39.6 Å². The fourth-order valence-electron chi connectivity index (χ4n) is 3.39. The van der Waals surface area contributed by atoms with Crippen molar-refractivity contribution in [1.29, 1.82) is 0 Å². The number of rotatable bonds is 8. The summed E-state index contributed by atoms with van der Waals surface area (Å²) >= 11 is 0. The third kappa shape index (κ3) is 4.85. The van der Waals surface area contributed by atoms with Crippen LogP contribution in [0.4, 0.5) is 0 Å². The van der Waals surface area contributed by atoms with Crippen LogP contribution >= 0.6 is 0 Å². The smallest absolute Gasteiger partial charge is 0.251 e. The predicted molar refractivity (Wildman–Crippen MR) is 115 cm³/mol. The highest BCUT2D eigenvalue weighted by molar-refractivity contribution is 5.93. The molecule has 1 N–H and O–H groups in total. The third-order valence-electron chi connectivity index (χ3n) is 4.92. The number of aromatic nitrogens is 2. The van der Waals surface area contributed by atoms with Gasteiger partial charge in [0.25, 0.3) is 5.91 Å². The Labute approximate surface area is 175 Å². The average molecular weight is 400 g/mol. The number of carbonyl (C=O) groups excluding carboxylic acids is 1. The number of hydrogen-bond donors (Lipinski definition) is 1. The highest BCUT2D eigenvalue weighted by atomic mass is 16.3. The van der Waals surface area contributed by atoms with Gasteiger partial charge in [-0.15, -0.1) is 0 Å². The first kappa shape index (κ1) is 19.7. The minimum absolute atomic E-state index is 0.0775. The van der Waals surface area contributed by atoms with Crippen LogP contribution in [-0.2, 0) is 19.6 Å². The van der Waals surface area contributed by atoms with E-state index in [1.165, 1.54) is 5.56 Å². The van der Waals surface area contributed by atoms with E-state index in [0.29, 0.717) is 12.1 Å². The molecule has 0 unspecified atom stereocenters. The monoisotopic (exact) mass is 400 g/mol. The van der Waals surface area contributed by atoms with E-state index in [4.69, 9.17) is 4.42 Å². The molecule has 2 heterocycles. The van der Waals surface area contributed by atoms with Gasteiger partial charge in [0.1, 0.15) is 5.76 Å². The van der Waals surface area contributed by atoms with Gasteiger partial charge in [0.15, 0.2) is 0 Å². The van der Waals surface area contributed by atoms with Gasteiger partial charge in [-0.05, 0) is 53.6 Å². The van der Waals surface area contributed by atoms with Crippen molar-refractivity contribution < 1.29 is 9.21 Å². The Morgan fingerprint density at radius 1 is 0.967 bits per heavy atom. The fourth-order valence-corrected chi connectivity index (χ4v) is 3.39. The van der Waals surface area contributed by atoms with E-state index in [9.17, 15) is 4.79 Å². The molecule has 0 radical (unpaired) electrons. The van der Waals surface area contributed by atoms with Crippen LogP contribution < -0.4 is 5.32 Å². The van der Waals surface area contributed by atoms with Crippen molar-refractivity contribution in [3.05, 3.63) is 108 Å². The van der Waals surface area contributed by atoms with Crippen LogP contribution in [0.3, 0.4) is 0 Å². The van der Waals surface area contributed by atoms with Crippen LogP contribution in [0.2, 0.25) is 0 Å². The van der Waals surface area contributed by atoms with Gasteiger partial charge in [-0.2, -0.15) is 5.10 Å². The molecule has 0 saturated carbocycles. The minimum atomic E-state index is -0.0775. The zero-order valence-corrected chi connectivity index (χ0v) is 16.9. The van der Waals surface area contributed by atoms with Gasteiger partial charge in [-0.1, -0.05) is 24.3 Å². The summed E-state index contributed by atoms with van der Waals surface area (Å²) in [7, 11) is 1.64. The summed E-state index contributed by atoms with van der Waals surface area (Å²) in [4.78, 5) is 14.1. The molecule has 6 nitrogen and oxygen atoms in total. The Morgan fingerprint density at radius 3 is 2.23 bits per heavy atom. The predicted octanol–water partition coefficient (Wildman–Crippen LogP) is 4.03. The SMILES string of the molecule is CNC(=O)c1ccc(CN(Cc2ccc(-n3cccn3)cc2)Cc2ccco2)cc1. The Bertz CT molecular complexity index is 1050. The quantitative estimate of drug-likeness (QED) is 0.485. The molecule has 2 aromatic carbocycles. The Balaban J connectivity index is 1.49. The summed E-state index contributed by atoms with van der Waals surface area (Å²) in [6.07, 6.45) is 5.40. The molecule has 2 aromatic heterocycles. The number of hydrogen-bond acceptors (Lipinski definition) is 4. The van der Waals surface area contributed by atoms with E-state index in [1.54, 1.807) is 19.5 Å². The highest BCUT2D eigenvalue weighted by Crippen LogP contribution is 2.17. The van der Waals surface area contributed by atoms with Crippen LogP contribution in [-0.4, -0.2) is 27.6 Å². The van der Waals surface area contributed by atoms with Crippen molar-refractivity contribution in [2.45, 2.75) is 19.6 Å². The number of furan rings is 1. The van der Waals surface area contributed by atoms with Gasteiger partial charge in [0, 0.05) is 38.1 Å². The van der Waals surface area contributed by atoms with Crippen molar-refractivity contribution in [1.82, 2.24) is 20.0 Å². The molecule has 0 saturated heterocycles. The summed E-state index contributed by atoms with van der Waals surface area (Å²) in [5.41, 5.74) is 4.04. The molecule has 6 heteroatoms. The molecule has 0 aliphatic heterocycles. The second-order valence-electron chi connectivity index (χ2n) is 7.12. The van der Waals surface area contributed by atoms with Gasteiger partial charge in [0.05, 0.1) is 18.5 Å². The molecule has 0 fully saturated rings.